The minimum absolute atomic E-state index is 0.130. The van der Waals surface area contributed by atoms with E-state index in [1.807, 2.05) is 0 Å². The van der Waals surface area contributed by atoms with E-state index >= 15 is 0 Å². The lowest BCUT2D eigenvalue weighted by Crippen LogP contribution is -2.36. The van der Waals surface area contributed by atoms with Crippen LogP contribution in [0.25, 0.3) is 0 Å². The normalized spacial score (nSPS) is 26.7. The van der Waals surface area contributed by atoms with Crippen molar-refractivity contribution in [2.45, 2.75) is 12.1 Å². The molecule has 0 amide bonds. The van der Waals surface area contributed by atoms with Crippen molar-refractivity contribution in [1.82, 2.24) is 9.88 Å². The third-order valence-corrected chi connectivity index (χ3v) is 2.49. The molecule has 1 aliphatic rings. The van der Waals surface area contributed by atoms with Crippen molar-refractivity contribution in [3.63, 3.8) is 0 Å². The third kappa shape index (κ3) is 1.56. The van der Waals surface area contributed by atoms with E-state index in [-0.39, 0.29) is 17.6 Å². The zero-order valence-electron chi connectivity index (χ0n) is 7.61. The summed E-state index contributed by atoms with van der Waals surface area (Å²) in [5, 5.41) is 3.06. The fraction of sp³-hybridized carbons (Fsp3) is 0.444. The number of nitrogens with zero attached hydrogens (tertiary/aromatic N) is 1. The molecule has 0 unspecified atom stereocenters. The number of hydrogen-bond donors (Lipinski definition) is 2. The Morgan fingerprint density at radius 1 is 1.50 bits per heavy atom. The summed E-state index contributed by atoms with van der Waals surface area (Å²) in [5.74, 6) is -0.413. The fourth-order valence-electron chi connectivity index (χ4n) is 1.73. The second-order valence-corrected chi connectivity index (χ2v) is 3.48. The lowest BCUT2D eigenvalue weighted by Gasteiger charge is -2.17. The minimum Gasteiger partial charge on any atom is -0.325 e. The van der Waals surface area contributed by atoms with Crippen LogP contribution in [0, 0.1) is 5.82 Å². The monoisotopic (exact) mass is 197 g/mol. The van der Waals surface area contributed by atoms with Crippen molar-refractivity contribution >= 4 is 0 Å². The van der Waals surface area contributed by atoms with Crippen LogP contribution >= 0.6 is 0 Å². The Kier molecular flexibility index (Phi) is 2.35. The SMILES string of the molecule is N[C@H]1CNC[C@@H]1n1cc(F)ccc1=O. The molecule has 1 aliphatic heterocycles. The van der Waals surface area contributed by atoms with E-state index in [2.05, 4.69) is 5.32 Å². The Labute approximate surface area is 80.5 Å². The summed E-state index contributed by atoms with van der Waals surface area (Å²) in [6.45, 7) is 1.28. The van der Waals surface area contributed by atoms with Gasteiger partial charge in [0.2, 0.25) is 0 Å². The first kappa shape index (κ1) is 9.36. The van der Waals surface area contributed by atoms with Gasteiger partial charge in [0.15, 0.2) is 0 Å². The molecule has 0 bridgehead atoms. The predicted octanol–water partition coefficient (Wildman–Crippen LogP) is -0.541. The molecule has 3 N–H and O–H groups in total. The molecule has 0 saturated carbocycles. The van der Waals surface area contributed by atoms with Crippen molar-refractivity contribution in [2.75, 3.05) is 13.1 Å². The van der Waals surface area contributed by atoms with Gasteiger partial charge in [0.1, 0.15) is 5.82 Å². The largest absolute Gasteiger partial charge is 0.325 e. The maximum absolute atomic E-state index is 12.9. The number of nitrogens with one attached hydrogen (secondary N) is 1. The van der Waals surface area contributed by atoms with Gasteiger partial charge in [0.25, 0.3) is 5.56 Å². The quantitative estimate of drug-likeness (QED) is 0.635. The van der Waals surface area contributed by atoms with Crippen molar-refractivity contribution in [2.24, 2.45) is 5.73 Å². The molecule has 2 heterocycles. The number of halogens is 1. The zero-order chi connectivity index (χ0) is 10.1. The number of rotatable bonds is 1. The molecule has 0 aromatic carbocycles. The molecule has 76 valence electrons. The second-order valence-electron chi connectivity index (χ2n) is 3.48. The molecule has 0 spiro atoms. The Hall–Kier alpha value is -1.20. The summed E-state index contributed by atoms with van der Waals surface area (Å²) in [7, 11) is 0. The first-order chi connectivity index (χ1) is 6.68. The smallest absolute Gasteiger partial charge is 0.251 e. The van der Waals surface area contributed by atoms with Gasteiger partial charge in [-0.15, -0.1) is 0 Å². The average molecular weight is 197 g/mol. The molecular weight excluding hydrogens is 185 g/mol. The van der Waals surface area contributed by atoms with Crippen LogP contribution in [0.2, 0.25) is 0 Å². The molecule has 1 fully saturated rings. The Morgan fingerprint density at radius 2 is 2.29 bits per heavy atom. The van der Waals surface area contributed by atoms with E-state index in [0.29, 0.717) is 13.1 Å². The van der Waals surface area contributed by atoms with Gasteiger partial charge >= 0.3 is 0 Å². The number of pyridine rings is 1. The predicted molar refractivity (Wildman–Crippen MR) is 50.5 cm³/mol. The van der Waals surface area contributed by atoms with Gasteiger partial charge in [-0.25, -0.2) is 4.39 Å². The fourth-order valence-corrected chi connectivity index (χ4v) is 1.73. The van der Waals surface area contributed by atoms with Crippen molar-refractivity contribution in [3.8, 4) is 0 Å². The van der Waals surface area contributed by atoms with Crippen LogP contribution in [0.5, 0.6) is 0 Å². The van der Waals surface area contributed by atoms with Crippen molar-refractivity contribution in [3.05, 3.63) is 34.5 Å². The van der Waals surface area contributed by atoms with E-state index < -0.39 is 5.82 Å². The number of aromatic nitrogens is 1. The van der Waals surface area contributed by atoms with Crippen molar-refractivity contribution in [1.29, 1.82) is 0 Å². The van der Waals surface area contributed by atoms with Gasteiger partial charge in [-0.1, -0.05) is 0 Å². The second kappa shape index (κ2) is 3.51. The number of hydrogen-bond acceptors (Lipinski definition) is 3. The van der Waals surface area contributed by atoms with E-state index in [0.717, 1.165) is 6.07 Å². The third-order valence-electron chi connectivity index (χ3n) is 2.49. The van der Waals surface area contributed by atoms with Crippen LogP contribution in [0.3, 0.4) is 0 Å². The molecule has 2 rings (SSSR count). The van der Waals surface area contributed by atoms with Crippen molar-refractivity contribution < 1.29 is 4.39 Å². The first-order valence-corrected chi connectivity index (χ1v) is 4.52. The maximum Gasteiger partial charge on any atom is 0.251 e. The van der Waals surface area contributed by atoms with Gasteiger partial charge < -0.3 is 15.6 Å². The molecule has 5 heteroatoms. The highest BCUT2D eigenvalue weighted by Gasteiger charge is 2.25. The summed E-state index contributed by atoms with van der Waals surface area (Å²) in [6.07, 6.45) is 1.21. The summed E-state index contributed by atoms with van der Waals surface area (Å²) in [5.41, 5.74) is 5.57. The van der Waals surface area contributed by atoms with E-state index in [1.165, 1.54) is 16.8 Å². The lowest BCUT2D eigenvalue weighted by molar-refractivity contribution is 0.463. The molecule has 14 heavy (non-hydrogen) atoms. The molecule has 0 radical (unpaired) electrons. The molecule has 1 saturated heterocycles. The van der Waals surface area contributed by atoms with E-state index in [1.54, 1.807) is 0 Å². The van der Waals surface area contributed by atoms with Crippen LogP contribution in [0.1, 0.15) is 6.04 Å². The van der Waals surface area contributed by atoms with Crippen LogP contribution in [-0.2, 0) is 0 Å². The van der Waals surface area contributed by atoms with Gasteiger partial charge in [-0.2, -0.15) is 0 Å². The molecule has 4 nitrogen and oxygen atoms in total. The maximum atomic E-state index is 12.9. The molecular formula is C9H12FN3O. The van der Waals surface area contributed by atoms with Gasteiger partial charge in [0, 0.05) is 31.4 Å². The number of nitrogens with two attached hydrogens (primary N) is 1. The average Bonchev–Trinajstić information content (AvgIpc) is 2.56. The van der Waals surface area contributed by atoms with E-state index in [9.17, 15) is 9.18 Å². The van der Waals surface area contributed by atoms with Crippen LogP contribution in [0.15, 0.2) is 23.1 Å². The van der Waals surface area contributed by atoms with Gasteiger partial charge in [-0.05, 0) is 6.07 Å². The Morgan fingerprint density at radius 3 is 2.93 bits per heavy atom. The standard InChI is InChI=1S/C9H12FN3O/c10-6-1-2-9(14)13(5-6)8-4-12-3-7(8)11/h1-2,5,7-8,12H,3-4,11H2/t7-,8-/m0/s1. The topological polar surface area (TPSA) is 60.0 Å². The highest BCUT2D eigenvalue weighted by Crippen LogP contribution is 2.11. The van der Waals surface area contributed by atoms with Crippen LogP contribution < -0.4 is 16.6 Å². The van der Waals surface area contributed by atoms with Crippen LogP contribution in [0.4, 0.5) is 4.39 Å². The molecule has 0 aliphatic carbocycles. The first-order valence-electron chi connectivity index (χ1n) is 4.52. The summed E-state index contributed by atoms with van der Waals surface area (Å²) >= 11 is 0. The van der Waals surface area contributed by atoms with Gasteiger partial charge in [-0.3, -0.25) is 4.79 Å². The highest BCUT2D eigenvalue weighted by atomic mass is 19.1. The Bertz CT molecular complexity index is 390. The highest BCUT2D eigenvalue weighted by molar-refractivity contribution is 5.01. The minimum atomic E-state index is -0.413. The zero-order valence-corrected chi connectivity index (χ0v) is 7.61. The molecule has 1 aromatic rings. The molecule has 1 aromatic heterocycles. The summed E-state index contributed by atoms with van der Waals surface area (Å²) in [4.78, 5) is 11.4. The molecule has 2 atom stereocenters. The summed E-state index contributed by atoms with van der Waals surface area (Å²) in [6, 6.07) is 2.11. The summed E-state index contributed by atoms with van der Waals surface area (Å²) < 4.78 is 14.3. The Balaban J connectivity index is 2.40. The van der Waals surface area contributed by atoms with Gasteiger partial charge in [0.05, 0.1) is 6.04 Å². The van der Waals surface area contributed by atoms with E-state index in [4.69, 9.17) is 5.73 Å². The lowest BCUT2D eigenvalue weighted by atomic mass is 10.2. The van der Waals surface area contributed by atoms with Crippen LogP contribution in [-0.4, -0.2) is 23.7 Å².